The van der Waals surface area contributed by atoms with Crippen LogP contribution in [0.1, 0.15) is 30.6 Å². The summed E-state index contributed by atoms with van der Waals surface area (Å²) < 4.78 is 12.8. The van der Waals surface area contributed by atoms with E-state index in [-0.39, 0.29) is 30.0 Å². The Kier molecular flexibility index (Phi) is 8.97. The van der Waals surface area contributed by atoms with E-state index in [2.05, 4.69) is 31.8 Å². The number of fused-ring (bicyclic) bond motifs is 1. The summed E-state index contributed by atoms with van der Waals surface area (Å²) in [6.45, 7) is 4.50. The molecule has 2 N–H and O–H groups in total. The molecule has 28 heavy (non-hydrogen) atoms. The zero-order chi connectivity index (χ0) is 19.1. The maximum Gasteiger partial charge on any atom is 0.191 e. The second-order valence-electron chi connectivity index (χ2n) is 6.41. The summed E-state index contributed by atoms with van der Waals surface area (Å²) >= 11 is 0. The molecule has 0 amide bonds. The lowest BCUT2D eigenvalue weighted by Gasteiger charge is -2.25. The number of aromatic nitrogens is 3. The number of hydrogen-bond donors (Lipinski definition) is 2. The Bertz CT molecular complexity index is 780. The lowest BCUT2D eigenvalue weighted by molar-refractivity contribution is 0.177. The highest BCUT2D eigenvalue weighted by Gasteiger charge is 2.22. The van der Waals surface area contributed by atoms with Crippen LogP contribution in [0.5, 0.6) is 5.75 Å². The first-order chi connectivity index (χ1) is 13.2. The van der Waals surface area contributed by atoms with Gasteiger partial charge in [-0.05, 0) is 19.4 Å². The van der Waals surface area contributed by atoms with E-state index in [1.807, 2.05) is 29.8 Å². The Balaban J connectivity index is 0.00000280. The monoisotopic (exact) mass is 500 g/mol. The van der Waals surface area contributed by atoms with Gasteiger partial charge in [-0.25, -0.2) is 9.67 Å². The van der Waals surface area contributed by atoms with Gasteiger partial charge in [-0.3, -0.25) is 4.99 Å². The van der Waals surface area contributed by atoms with Crippen molar-refractivity contribution in [2.75, 3.05) is 20.8 Å². The van der Waals surface area contributed by atoms with E-state index in [0.29, 0.717) is 19.8 Å². The fourth-order valence-corrected chi connectivity index (χ4v) is 3.18. The third kappa shape index (κ3) is 5.81. The van der Waals surface area contributed by atoms with E-state index in [4.69, 9.17) is 9.47 Å². The van der Waals surface area contributed by atoms with Gasteiger partial charge in [0, 0.05) is 38.7 Å². The molecule has 0 radical (unpaired) electrons. The predicted octanol–water partition coefficient (Wildman–Crippen LogP) is 2.12. The van der Waals surface area contributed by atoms with E-state index in [0.717, 1.165) is 48.3 Å². The highest BCUT2D eigenvalue weighted by atomic mass is 127. The normalized spacial score (nSPS) is 16.1. The summed E-state index contributed by atoms with van der Waals surface area (Å²) in [7, 11) is 3.44. The van der Waals surface area contributed by atoms with Crippen molar-refractivity contribution in [1.82, 2.24) is 25.4 Å². The van der Waals surface area contributed by atoms with Gasteiger partial charge >= 0.3 is 0 Å². The molecule has 1 aromatic heterocycles. The van der Waals surface area contributed by atoms with E-state index in [1.165, 1.54) is 0 Å². The highest BCUT2D eigenvalue weighted by Crippen LogP contribution is 2.17. The zero-order valence-electron chi connectivity index (χ0n) is 16.6. The Morgan fingerprint density at radius 3 is 2.93 bits per heavy atom. The largest absolute Gasteiger partial charge is 0.494 e. The molecule has 2 aromatic rings. The minimum absolute atomic E-state index is 0. The van der Waals surface area contributed by atoms with E-state index >= 15 is 0 Å². The first kappa shape index (κ1) is 22.4. The predicted molar refractivity (Wildman–Crippen MR) is 119 cm³/mol. The SMILES string of the molecule is CCOc1ccccc1CNC(=NC)NC1CCc2nc(COC)nn2C1.I. The summed E-state index contributed by atoms with van der Waals surface area (Å²) in [5.41, 5.74) is 1.11. The molecule has 0 saturated carbocycles. The Morgan fingerprint density at radius 1 is 1.36 bits per heavy atom. The highest BCUT2D eigenvalue weighted by molar-refractivity contribution is 14.0. The minimum atomic E-state index is 0. The standard InChI is InChI=1S/C19H28N6O2.HI/c1-4-27-16-8-6-5-7-14(16)11-21-19(20-2)22-15-9-10-18-23-17(13-26-3)24-25(18)12-15;/h5-8,15H,4,9-13H2,1-3H3,(H2,20,21,22);1H. The molecule has 1 aliphatic heterocycles. The molecule has 0 fully saturated rings. The molecular formula is C19H29IN6O2. The summed E-state index contributed by atoms with van der Waals surface area (Å²) in [5, 5.41) is 11.4. The minimum Gasteiger partial charge on any atom is -0.494 e. The first-order valence-corrected chi connectivity index (χ1v) is 9.33. The van der Waals surface area contributed by atoms with E-state index in [1.54, 1.807) is 14.2 Å². The van der Waals surface area contributed by atoms with E-state index in [9.17, 15) is 0 Å². The second kappa shape index (κ2) is 11.2. The number of aliphatic imine (C=N–C) groups is 1. The van der Waals surface area contributed by atoms with Crippen molar-refractivity contribution in [3.05, 3.63) is 41.5 Å². The second-order valence-corrected chi connectivity index (χ2v) is 6.41. The van der Waals surface area contributed by atoms with E-state index < -0.39 is 0 Å². The molecule has 0 aliphatic carbocycles. The van der Waals surface area contributed by atoms with Crippen LogP contribution in [0.3, 0.4) is 0 Å². The van der Waals surface area contributed by atoms with Crippen molar-refractivity contribution < 1.29 is 9.47 Å². The lowest BCUT2D eigenvalue weighted by Crippen LogP contribution is -2.46. The molecule has 2 heterocycles. The number of methoxy groups -OCH3 is 1. The molecule has 1 aromatic carbocycles. The smallest absolute Gasteiger partial charge is 0.191 e. The number of halogens is 1. The van der Waals surface area contributed by atoms with Gasteiger partial charge in [0.05, 0.1) is 13.2 Å². The number of ether oxygens (including phenoxy) is 2. The number of nitrogens with zero attached hydrogens (tertiary/aromatic N) is 4. The van der Waals surface area contributed by atoms with Gasteiger partial charge in [0.2, 0.25) is 0 Å². The van der Waals surface area contributed by atoms with Crippen LogP contribution in [-0.4, -0.2) is 47.5 Å². The molecule has 1 aliphatic rings. The van der Waals surface area contributed by atoms with Crippen LogP contribution < -0.4 is 15.4 Å². The van der Waals surface area contributed by atoms with Crippen LogP contribution in [0.4, 0.5) is 0 Å². The van der Waals surface area contributed by atoms with Crippen LogP contribution >= 0.6 is 24.0 Å². The van der Waals surface area contributed by atoms with Crippen LogP contribution in [0, 0.1) is 0 Å². The van der Waals surface area contributed by atoms with Gasteiger partial charge in [0.25, 0.3) is 0 Å². The van der Waals surface area contributed by atoms with Crippen molar-refractivity contribution in [3.8, 4) is 5.75 Å². The lowest BCUT2D eigenvalue weighted by atomic mass is 10.1. The summed E-state index contributed by atoms with van der Waals surface area (Å²) in [4.78, 5) is 8.87. The number of benzene rings is 1. The van der Waals surface area contributed by atoms with Gasteiger partial charge in [-0.15, -0.1) is 24.0 Å². The van der Waals surface area contributed by atoms with Crippen LogP contribution in [0.25, 0.3) is 0 Å². The van der Waals surface area contributed by atoms with Crippen molar-refractivity contribution in [3.63, 3.8) is 0 Å². The maximum atomic E-state index is 5.69. The van der Waals surface area contributed by atoms with Crippen LogP contribution in [-0.2, 0) is 30.9 Å². The number of nitrogens with one attached hydrogen (secondary N) is 2. The molecule has 154 valence electrons. The fourth-order valence-electron chi connectivity index (χ4n) is 3.18. The summed E-state index contributed by atoms with van der Waals surface area (Å²) in [6.07, 6.45) is 1.87. The quantitative estimate of drug-likeness (QED) is 0.344. The van der Waals surface area contributed by atoms with Gasteiger partial charge < -0.3 is 20.1 Å². The van der Waals surface area contributed by atoms with Crippen LogP contribution in [0.15, 0.2) is 29.3 Å². The Labute approximate surface area is 183 Å². The molecule has 9 heteroatoms. The molecule has 1 unspecified atom stereocenters. The van der Waals surface area contributed by atoms with Gasteiger partial charge in [0.15, 0.2) is 11.8 Å². The molecule has 0 spiro atoms. The Morgan fingerprint density at radius 2 is 2.18 bits per heavy atom. The van der Waals surface area contributed by atoms with Gasteiger partial charge in [0.1, 0.15) is 18.2 Å². The number of guanidine groups is 1. The van der Waals surface area contributed by atoms with Crippen molar-refractivity contribution in [1.29, 1.82) is 0 Å². The average molecular weight is 500 g/mol. The van der Waals surface area contributed by atoms with Gasteiger partial charge in [-0.1, -0.05) is 18.2 Å². The molecule has 3 rings (SSSR count). The molecule has 1 atom stereocenters. The maximum absolute atomic E-state index is 5.69. The van der Waals surface area contributed by atoms with Crippen molar-refractivity contribution in [2.24, 2.45) is 4.99 Å². The number of rotatable bonds is 7. The number of hydrogen-bond acceptors (Lipinski definition) is 5. The van der Waals surface area contributed by atoms with Crippen LogP contribution in [0.2, 0.25) is 0 Å². The molecular weight excluding hydrogens is 471 g/mol. The molecule has 0 saturated heterocycles. The number of para-hydroxylation sites is 1. The van der Waals surface area contributed by atoms with Crippen molar-refractivity contribution >= 4 is 29.9 Å². The molecule has 0 bridgehead atoms. The topological polar surface area (TPSA) is 85.6 Å². The fraction of sp³-hybridized carbons (Fsp3) is 0.526. The van der Waals surface area contributed by atoms with Crippen molar-refractivity contribution in [2.45, 2.75) is 45.5 Å². The third-order valence-corrected chi connectivity index (χ3v) is 4.46. The molecule has 8 nitrogen and oxygen atoms in total. The number of aryl methyl sites for hydroxylation is 1. The first-order valence-electron chi connectivity index (χ1n) is 9.33. The summed E-state index contributed by atoms with van der Waals surface area (Å²) in [5.74, 6) is 3.43. The zero-order valence-corrected chi connectivity index (χ0v) is 19.0. The average Bonchev–Trinajstić information content (AvgIpc) is 3.08. The summed E-state index contributed by atoms with van der Waals surface area (Å²) in [6, 6.07) is 8.30. The third-order valence-electron chi connectivity index (χ3n) is 4.46. The van der Waals surface area contributed by atoms with Gasteiger partial charge in [-0.2, -0.15) is 5.10 Å². The Hall–Kier alpha value is -1.88.